The van der Waals surface area contributed by atoms with Gasteiger partial charge in [0.25, 0.3) is 0 Å². The van der Waals surface area contributed by atoms with E-state index in [4.69, 9.17) is 4.74 Å². The molecule has 2 heterocycles. The number of ether oxygens (including phenoxy) is 1. The lowest BCUT2D eigenvalue weighted by atomic mass is 10.2. The first-order valence-electron chi connectivity index (χ1n) is 7.31. The van der Waals surface area contributed by atoms with Crippen molar-refractivity contribution in [2.75, 3.05) is 7.05 Å². The smallest absolute Gasteiger partial charge is 0.237 e. The van der Waals surface area contributed by atoms with E-state index in [0.29, 0.717) is 5.88 Å². The zero-order chi connectivity index (χ0) is 16.1. The summed E-state index contributed by atoms with van der Waals surface area (Å²) in [7, 11) is 2.10. The molecule has 5 nitrogen and oxygen atoms in total. The fraction of sp³-hybridized carbons (Fsp3) is 0.235. The second-order valence-corrected chi connectivity index (χ2v) is 6.38. The van der Waals surface area contributed by atoms with Crippen LogP contribution in [-0.4, -0.2) is 26.9 Å². The first-order valence-corrected chi connectivity index (χ1v) is 8.19. The number of benzene rings is 1. The maximum atomic E-state index is 5.64. The van der Waals surface area contributed by atoms with Gasteiger partial charge in [-0.3, -0.25) is 9.88 Å². The molecule has 0 aliphatic carbocycles. The third-order valence-corrected chi connectivity index (χ3v) is 4.06. The van der Waals surface area contributed by atoms with E-state index in [2.05, 4.69) is 44.4 Å². The quantitative estimate of drug-likeness (QED) is 0.692. The summed E-state index contributed by atoms with van der Waals surface area (Å²) >= 11 is 1.69. The van der Waals surface area contributed by atoms with Gasteiger partial charge in [0.05, 0.1) is 16.9 Å². The summed E-state index contributed by atoms with van der Waals surface area (Å²) < 4.78 is 5.64. The fourth-order valence-electron chi connectivity index (χ4n) is 2.25. The lowest BCUT2D eigenvalue weighted by molar-refractivity contribution is 0.315. The third kappa shape index (κ3) is 4.58. The Morgan fingerprint density at radius 2 is 1.96 bits per heavy atom. The van der Waals surface area contributed by atoms with Crippen LogP contribution in [0, 0.1) is 6.92 Å². The summed E-state index contributed by atoms with van der Waals surface area (Å²) in [4.78, 5) is 14.8. The molecule has 0 bridgehead atoms. The van der Waals surface area contributed by atoms with E-state index in [-0.39, 0.29) is 0 Å². The van der Waals surface area contributed by atoms with Gasteiger partial charge in [0, 0.05) is 30.9 Å². The highest BCUT2D eigenvalue weighted by Gasteiger charge is 2.05. The second kappa shape index (κ2) is 7.30. The summed E-state index contributed by atoms with van der Waals surface area (Å²) in [6, 6.07) is 8.03. The molecule has 0 atom stereocenters. The van der Waals surface area contributed by atoms with E-state index < -0.39 is 0 Å². The molecule has 0 aliphatic rings. The average Bonchev–Trinajstić information content (AvgIpc) is 2.95. The van der Waals surface area contributed by atoms with Crippen LogP contribution >= 0.6 is 11.3 Å². The molecular weight excluding hydrogens is 308 g/mol. The van der Waals surface area contributed by atoms with Gasteiger partial charge in [0.2, 0.25) is 5.88 Å². The Kier molecular flexibility index (Phi) is 4.95. The van der Waals surface area contributed by atoms with Gasteiger partial charge < -0.3 is 4.74 Å². The minimum Gasteiger partial charge on any atom is -0.438 e. The summed E-state index contributed by atoms with van der Waals surface area (Å²) in [6.07, 6.45) is 4.83. The van der Waals surface area contributed by atoms with Gasteiger partial charge in [-0.15, -0.1) is 11.3 Å². The van der Waals surface area contributed by atoms with Crippen molar-refractivity contribution < 1.29 is 4.74 Å². The normalized spacial score (nSPS) is 10.9. The number of rotatable bonds is 6. The lowest BCUT2D eigenvalue weighted by Crippen LogP contribution is -2.17. The lowest BCUT2D eigenvalue weighted by Gasteiger charge is -2.15. The molecule has 0 saturated heterocycles. The predicted octanol–water partition coefficient (Wildman–Crippen LogP) is 3.67. The van der Waals surface area contributed by atoms with Crippen LogP contribution < -0.4 is 4.74 Å². The van der Waals surface area contributed by atoms with E-state index in [9.17, 15) is 0 Å². The Morgan fingerprint density at radius 3 is 2.61 bits per heavy atom. The first kappa shape index (κ1) is 15.6. The SMILES string of the molecule is Cc1nc(CN(C)Cc2ccc(Oc3cnccn3)cc2)cs1. The molecule has 0 N–H and O–H groups in total. The van der Waals surface area contributed by atoms with Crippen LogP contribution in [0.5, 0.6) is 11.6 Å². The van der Waals surface area contributed by atoms with Crippen molar-refractivity contribution >= 4 is 11.3 Å². The van der Waals surface area contributed by atoms with E-state index in [1.54, 1.807) is 29.9 Å². The van der Waals surface area contributed by atoms with Gasteiger partial charge in [-0.2, -0.15) is 0 Å². The van der Waals surface area contributed by atoms with Crippen LogP contribution in [0.15, 0.2) is 48.2 Å². The molecule has 0 aliphatic heterocycles. The minimum absolute atomic E-state index is 0.497. The van der Waals surface area contributed by atoms with Crippen molar-refractivity contribution in [3.63, 3.8) is 0 Å². The molecule has 0 saturated carbocycles. The van der Waals surface area contributed by atoms with E-state index >= 15 is 0 Å². The van der Waals surface area contributed by atoms with Crippen molar-refractivity contribution in [3.8, 4) is 11.6 Å². The zero-order valence-electron chi connectivity index (χ0n) is 13.1. The standard InChI is InChI=1S/C17H18N4OS/c1-13-20-15(12-23-13)11-21(2)10-14-3-5-16(6-4-14)22-17-9-18-7-8-19-17/h3-9,12H,10-11H2,1-2H3. The molecule has 6 heteroatoms. The fourth-order valence-corrected chi connectivity index (χ4v) is 2.85. The molecular formula is C17H18N4OS. The van der Waals surface area contributed by atoms with Crippen LogP contribution in [0.4, 0.5) is 0 Å². The first-order chi connectivity index (χ1) is 11.2. The molecule has 0 amide bonds. The Balaban J connectivity index is 1.56. The van der Waals surface area contributed by atoms with E-state index in [0.717, 1.165) is 29.5 Å². The predicted molar refractivity (Wildman–Crippen MR) is 90.6 cm³/mol. The molecule has 3 rings (SSSR count). The summed E-state index contributed by atoms with van der Waals surface area (Å²) in [5.41, 5.74) is 2.35. The monoisotopic (exact) mass is 326 g/mol. The van der Waals surface area contributed by atoms with Crippen LogP contribution in [-0.2, 0) is 13.1 Å². The molecule has 23 heavy (non-hydrogen) atoms. The Hall–Kier alpha value is -2.31. The second-order valence-electron chi connectivity index (χ2n) is 5.32. The Labute approximate surface area is 139 Å². The highest BCUT2D eigenvalue weighted by molar-refractivity contribution is 7.09. The number of aromatic nitrogens is 3. The number of nitrogens with zero attached hydrogens (tertiary/aromatic N) is 4. The molecule has 0 spiro atoms. The molecule has 0 fully saturated rings. The highest BCUT2D eigenvalue weighted by atomic mass is 32.1. The summed E-state index contributed by atoms with van der Waals surface area (Å²) in [6.45, 7) is 3.74. The molecule has 2 aromatic heterocycles. The maximum Gasteiger partial charge on any atom is 0.237 e. The summed E-state index contributed by atoms with van der Waals surface area (Å²) in [5.74, 6) is 1.25. The number of aryl methyl sites for hydroxylation is 1. The largest absolute Gasteiger partial charge is 0.438 e. The van der Waals surface area contributed by atoms with Crippen molar-refractivity contribution in [3.05, 3.63) is 64.5 Å². The van der Waals surface area contributed by atoms with Crippen LogP contribution in [0.25, 0.3) is 0 Å². The minimum atomic E-state index is 0.497. The van der Waals surface area contributed by atoms with Gasteiger partial charge in [-0.05, 0) is 31.7 Å². The topological polar surface area (TPSA) is 51.1 Å². The van der Waals surface area contributed by atoms with Crippen LogP contribution in [0.3, 0.4) is 0 Å². The highest BCUT2D eigenvalue weighted by Crippen LogP contribution is 2.19. The Morgan fingerprint density at radius 1 is 1.13 bits per heavy atom. The van der Waals surface area contributed by atoms with Crippen molar-refractivity contribution in [1.29, 1.82) is 0 Å². The summed E-state index contributed by atoms with van der Waals surface area (Å²) in [5, 5.41) is 3.22. The van der Waals surface area contributed by atoms with E-state index in [1.165, 1.54) is 5.56 Å². The third-order valence-electron chi connectivity index (χ3n) is 3.24. The molecule has 0 radical (unpaired) electrons. The van der Waals surface area contributed by atoms with Crippen molar-refractivity contribution in [2.45, 2.75) is 20.0 Å². The van der Waals surface area contributed by atoms with Crippen LogP contribution in [0.1, 0.15) is 16.3 Å². The van der Waals surface area contributed by atoms with E-state index in [1.807, 2.05) is 19.1 Å². The van der Waals surface area contributed by atoms with Gasteiger partial charge in [0.15, 0.2) is 0 Å². The average molecular weight is 326 g/mol. The number of hydrogen-bond acceptors (Lipinski definition) is 6. The Bertz CT molecular complexity index is 743. The molecule has 1 aromatic carbocycles. The number of thiazole rings is 1. The molecule has 118 valence electrons. The van der Waals surface area contributed by atoms with Crippen LogP contribution in [0.2, 0.25) is 0 Å². The van der Waals surface area contributed by atoms with Gasteiger partial charge >= 0.3 is 0 Å². The molecule has 3 aromatic rings. The zero-order valence-corrected chi connectivity index (χ0v) is 14.0. The molecule has 0 unspecified atom stereocenters. The number of hydrogen-bond donors (Lipinski definition) is 0. The van der Waals surface area contributed by atoms with Gasteiger partial charge in [-0.1, -0.05) is 12.1 Å². The van der Waals surface area contributed by atoms with Crippen molar-refractivity contribution in [2.24, 2.45) is 0 Å². The van der Waals surface area contributed by atoms with Gasteiger partial charge in [-0.25, -0.2) is 9.97 Å². The van der Waals surface area contributed by atoms with Crippen molar-refractivity contribution in [1.82, 2.24) is 19.9 Å². The maximum absolute atomic E-state index is 5.64. The van der Waals surface area contributed by atoms with Gasteiger partial charge in [0.1, 0.15) is 5.75 Å².